The van der Waals surface area contributed by atoms with E-state index in [0.29, 0.717) is 4.90 Å². The lowest BCUT2D eigenvalue weighted by Gasteiger charge is -2.07. The number of fused-ring (bicyclic) bond motifs is 1. The molecule has 0 fully saturated rings. The lowest BCUT2D eigenvalue weighted by Crippen LogP contribution is -2.03. The average Bonchev–Trinajstić information content (AvgIpc) is 2.29. The first-order valence-corrected chi connectivity index (χ1v) is 7.02. The number of halogens is 1. The Morgan fingerprint density at radius 1 is 1.06 bits per heavy atom. The Kier molecular flexibility index (Phi) is 2.91. The molecule has 0 saturated carbocycles. The molecule has 16 heavy (non-hydrogen) atoms. The predicted octanol–water partition coefficient (Wildman–Crippen LogP) is 3.12. The molecule has 2 rings (SSSR count). The smallest absolute Gasteiger partial charge is 0.192 e. The zero-order chi connectivity index (χ0) is 11.8. The highest BCUT2D eigenvalue weighted by molar-refractivity contribution is 7.92. The Morgan fingerprint density at radius 2 is 1.69 bits per heavy atom. The minimum Gasteiger partial charge on any atom is -0.222 e. The van der Waals surface area contributed by atoms with Crippen LogP contribution in [0, 0.1) is 6.92 Å². The van der Waals surface area contributed by atoms with Gasteiger partial charge in [0.1, 0.15) is 5.21 Å². The molecule has 0 aliphatic carbocycles. The van der Waals surface area contributed by atoms with Crippen molar-refractivity contribution in [3.63, 3.8) is 0 Å². The maximum Gasteiger partial charge on any atom is 0.192 e. The van der Waals surface area contributed by atoms with Crippen molar-refractivity contribution in [1.29, 1.82) is 0 Å². The Hall–Kier alpha value is -1.06. The molecule has 4 heteroatoms. The number of alkyl halides is 1. The van der Waals surface area contributed by atoms with Crippen LogP contribution in [0.1, 0.15) is 5.56 Å². The monoisotopic (exact) mass is 254 g/mol. The zero-order valence-electron chi connectivity index (χ0n) is 8.77. The zero-order valence-corrected chi connectivity index (χ0v) is 10.3. The second kappa shape index (κ2) is 4.07. The molecule has 0 spiro atoms. The van der Waals surface area contributed by atoms with Gasteiger partial charge in [-0.05, 0) is 23.9 Å². The van der Waals surface area contributed by atoms with Gasteiger partial charge in [0.05, 0.1) is 4.90 Å². The molecule has 2 aromatic carbocycles. The summed E-state index contributed by atoms with van der Waals surface area (Å²) in [5, 5.41) is 1.30. The highest BCUT2D eigenvalue weighted by Gasteiger charge is 2.16. The predicted molar refractivity (Wildman–Crippen MR) is 66.6 cm³/mol. The van der Waals surface area contributed by atoms with Gasteiger partial charge < -0.3 is 0 Å². The van der Waals surface area contributed by atoms with E-state index in [1.807, 2.05) is 37.3 Å². The molecule has 0 amide bonds. The fraction of sp³-hybridized carbons (Fsp3) is 0.167. The van der Waals surface area contributed by atoms with E-state index >= 15 is 0 Å². The number of sulfone groups is 1. The van der Waals surface area contributed by atoms with Crippen LogP contribution in [-0.2, 0) is 9.84 Å². The van der Waals surface area contributed by atoms with Crippen LogP contribution in [-0.4, -0.2) is 13.6 Å². The average molecular weight is 255 g/mol. The Labute approximate surface area is 99.8 Å². The van der Waals surface area contributed by atoms with E-state index in [-0.39, 0.29) is 5.21 Å². The minimum absolute atomic E-state index is 0.309. The van der Waals surface area contributed by atoms with Crippen LogP contribution < -0.4 is 0 Å². The summed E-state index contributed by atoms with van der Waals surface area (Å²) in [6.07, 6.45) is 0. The first kappa shape index (κ1) is 11.4. The molecule has 0 heterocycles. The largest absolute Gasteiger partial charge is 0.222 e. The van der Waals surface area contributed by atoms with Gasteiger partial charge in [-0.2, -0.15) is 0 Å². The molecule has 0 radical (unpaired) electrons. The van der Waals surface area contributed by atoms with Crippen LogP contribution in [0.3, 0.4) is 0 Å². The molecular formula is C12H11ClO2S. The van der Waals surface area contributed by atoms with E-state index in [2.05, 4.69) is 0 Å². The van der Waals surface area contributed by atoms with Crippen molar-refractivity contribution in [3.05, 3.63) is 42.0 Å². The maximum atomic E-state index is 11.8. The van der Waals surface area contributed by atoms with Crippen molar-refractivity contribution < 1.29 is 8.42 Å². The molecule has 0 saturated heterocycles. The molecular weight excluding hydrogens is 244 g/mol. The topological polar surface area (TPSA) is 34.1 Å². The molecule has 0 atom stereocenters. The Balaban J connectivity index is 2.88. The highest BCUT2D eigenvalue weighted by atomic mass is 35.5. The molecule has 0 aliphatic heterocycles. The molecule has 0 unspecified atom stereocenters. The molecule has 2 nitrogen and oxygen atoms in total. The van der Waals surface area contributed by atoms with Crippen LogP contribution in [0.5, 0.6) is 0 Å². The van der Waals surface area contributed by atoms with Crippen molar-refractivity contribution in [1.82, 2.24) is 0 Å². The number of aryl methyl sites for hydroxylation is 1. The summed E-state index contributed by atoms with van der Waals surface area (Å²) in [5.41, 5.74) is 1.06. The van der Waals surface area contributed by atoms with E-state index in [4.69, 9.17) is 11.6 Å². The van der Waals surface area contributed by atoms with Crippen molar-refractivity contribution >= 4 is 32.2 Å². The van der Waals surface area contributed by atoms with Crippen LogP contribution in [0.15, 0.2) is 41.3 Å². The van der Waals surface area contributed by atoms with Crippen molar-refractivity contribution in [2.75, 3.05) is 5.21 Å². The first-order chi connectivity index (χ1) is 7.56. The number of benzene rings is 2. The van der Waals surface area contributed by atoms with Crippen molar-refractivity contribution in [2.24, 2.45) is 0 Å². The molecule has 0 bridgehead atoms. The van der Waals surface area contributed by atoms with Gasteiger partial charge in [-0.3, -0.25) is 0 Å². The van der Waals surface area contributed by atoms with Gasteiger partial charge in [-0.1, -0.05) is 30.3 Å². The third kappa shape index (κ3) is 1.81. The fourth-order valence-electron chi connectivity index (χ4n) is 1.75. The molecule has 0 aromatic heterocycles. The SMILES string of the molecule is Cc1ccc(S(=O)(=O)CCl)c2ccccc12. The van der Waals surface area contributed by atoms with E-state index in [0.717, 1.165) is 16.3 Å². The van der Waals surface area contributed by atoms with Gasteiger partial charge in [-0.25, -0.2) is 8.42 Å². The summed E-state index contributed by atoms with van der Waals surface area (Å²) < 4.78 is 23.6. The fourth-order valence-corrected chi connectivity index (χ4v) is 3.01. The highest BCUT2D eigenvalue weighted by Crippen LogP contribution is 2.26. The minimum atomic E-state index is -3.38. The summed E-state index contributed by atoms with van der Waals surface area (Å²) in [6.45, 7) is 1.96. The van der Waals surface area contributed by atoms with E-state index in [1.54, 1.807) is 6.07 Å². The Morgan fingerprint density at radius 3 is 2.31 bits per heavy atom. The third-order valence-corrected chi connectivity index (χ3v) is 4.76. The number of rotatable bonds is 2. The molecule has 2 aromatic rings. The summed E-state index contributed by atoms with van der Waals surface area (Å²) >= 11 is 5.48. The van der Waals surface area contributed by atoms with Crippen molar-refractivity contribution in [2.45, 2.75) is 11.8 Å². The molecule has 84 valence electrons. The quantitative estimate of drug-likeness (QED) is 0.772. The van der Waals surface area contributed by atoms with E-state index in [9.17, 15) is 8.42 Å². The lowest BCUT2D eigenvalue weighted by molar-refractivity contribution is 0.601. The number of hydrogen-bond donors (Lipinski definition) is 0. The summed E-state index contributed by atoms with van der Waals surface area (Å²) in [6, 6.07) is 10.9. The summed E-state index contributed by atoms with van der Waals surface area (Å²) in [7, 11) is -3.38. The normalized spacial score (nSPS) is 11.9. The Bertz CT molecular complexity index is 633. The van der Waals surface area contributed by atoms with E-state index in [1.165, 1.54) is 0 Å². The third-order valence-electron chi connectivity index (χ3n) is 2.58. The van der Waals surface area contributed by atoms with Crippen LogP contribution in [0.2, 0.25) is 0 Å². The molecule has 0 N–H and O–H groups in total. The second-order valence-electron chi connectivity index (χ2n) is 3.65. The number of hydrogen-bond acceptors (Lipinski definition) is 2. The van der Waals surface area contributed by atoms with Gasteiger partial charge in [-0.15, -0.1) is 11.6 Å². The first-order valence-electron chi connectivity index (χ1n) is 4.83. The van der Waals surface area contributed by atoms with Gasteiger partial charge in [0, 0.05) is 5.39 Å². The van der Waals surface area contributed by atoms with Crippen LogP contribution >= 0.6 is 11.6 Å². The van der Waals surface area contributed by atoms with Crippen molar-refractivity contribution in [3.8, 4) is 0 Å². The van der Waals surface area contributed by atoms with Gasteiger partial charge >= 0.3 is 0 Å². The standard InChI is InChI=1S/C12H11ClO2S/c1-9-6-7-12(16(14,15)8-13)11-5-3-2-4-10(9)11/h2-7H,8H2,1H3. The second-order valence-corrected chi connectivity index (χ2v) is 6.19. The molecule has 0 aliphatic rings. The van der Waals surface area contributed by atoms with Gasteiger partial charge in [0.2, 0.25) is 0 Å². The maximum absolute atomic E-state index is 11.8. The summed E-state index contributed by atoms with van der Waals surface area (Å²) in [4.78, 5) is 0.309. The van der Waals surface area contributed by atoms with E-state index < -0.39 is 9.84 Å². The lowest BCUT2D eigenvalue weighted by atomic mass is 10.1. The summed E-state index contributed by atoms with van der Waals surface area (Å²) in [5.74, 6) is 0. The van der Waals surface area contributed by atoms with Crippen LogP contribution in [0.4, 0.5) is 0 Å². The van der Waals surface area contributed by atoms with Gasteiger partial charge in [0.25, 0.3) is 0 Å². The van der Waals surface area contributed by atoms with Crippen LogP contribution in [0.25, 0.3) is 10.8 Å². The van der Waals surface area contributed by atoms with Gasteiger partial charge in [0.15, 0.2) is 9.84 Å².